The van der Waals surface area contributed by atoms with Crippen LogP contribution in [0.25, 0.3) is 17.0 Å². The van der Waals surface area contributed by atoms with Gasteiger partial charge in [-0.15, -0.1) is 0 Å². The van der Waals surface area contributed by atoms with E-state index in [1.807, 2.05) is 24.3 Å². The lowest BCUT2D eigenvalue weighted by molar-refractivity contribution is -0.139. The van der Waals surface area contributed by atoms with Gasteiger partial charge in [0.05, 0.1) is 31.0 Å². The quantitative estimate of drug-likeness (QED) is 0.490. The topological polar surface area (TPSA) is 95.0 Å². The van der Waals surface area contributed by atoms with Crippen molar-refractivity contribution in [3.05, 3.63) is 70.9 Å². The van der Waals surface area contributed by atoms with Gasteiger partial charge in [0.2, 0.25) is 0 Å². The van der Waals surface area contributed by atoms with Gasteiger partial charge >= 0.3 is 11.9 Å². The van der Waals surface area contributed by atoms with Gasteiger partial charge in [0.15, 0.2) is 11.5 Å². The molecule has 0 amide bonds. The Hall–Kier alpha value is -3.87. The minimum Gasteiger partial charge on any atom is -0.504 e. The summed E-state index contributed by atoms with van der Waals surface area (Å²) in [7, 11) is 2.73. The summed E-state index contributed by atoms with van der Waals surface area (Å²) < 4.78 is 15.2. The maximum Gasteiger partial charge on any atom is 0.340 e. The number of benzene rings is 2. The van der Waals surface area contributed by atoms with Gasteiger partial charge in [0.25, 0.3) is 0 Å². The molecular formula is C23H21NO6. The summed E-state index contributed by atoms with van der Waals surface area (Å²) in [6, 6.07) is 12.1. The zero-order valence-electron chi connectivity index (χ0n) is 16.8. The molecule has 0 radical (unpaired) electrons. The number of fused-ring (bicyclic) bond motifs is 1. The average Bonchev–Trinajstić information content (AvgIpc) is 2.76. The van der Waals surface area contributed by atoms with Gasteiger partial charge in [-0.3, -0.25) is 0 Å². The number of phenols is 1. The molecule has 3 rings (SSSR count). The highest BCUT2D eigenvalue weighted by Gasteiger charge is 2.20. The Morgan fingerprint density at radius 1 is 1.13 bits per heavy atom. The Morgan fingerprint density at radius 2 is 1.90 bits per heavy atom. The predicted octanol–water partition coefficient (Wildman–Crippen LogP) is 3.80. The number of phenolic OH excluding ortho intramolecular Hbond substituents is 1. The van der Waals surface area contributed by atoms with Gasteiger partial charge in [-0.2, -0.15) is 0 Å². The zero-order valence-corrected chi connectivity index (χ0v) is 16.8. The monoisotopic (exact) mass is 407 g/mol. The standard InChI is InChI=1S/C23H21NO6/c1-14-16-6-4-5-7-17(16)24-18(22(14)23(27)29-3)13-30-21(26)11-9-15-8-10-19(25)20(12-15)28-2/h4-12,25H,13H2,1-3H3/b11-9+. The number of hydrogen-bond acceptors (Lipinski definition) is 7. The number of rotatable bonds is 6. The van der Waals surface area contributed by atoms with E-state index in [-0.39, 0.29) is 17.9 Å². The number of methoxy groups -OCH3 is 2. The van der Waals surface area contributed by atoms with Crippen LogP contribution in [0.1, 0.15) is 27.2 Å². The molecule has 0 aliphatic rings. The van der Waals surface area contributed by atoms with Gasteiger partial charge in [-0.05, 0) is 42.3 Å². The van der Waals surface area contributed by atoms with Crippen molar-refractivity contribution in [1.82, 2.24) is 4.98 Å². The van der Waals surface area contributed by atoms with Crippen LogP contribution in [-0.4, -0.2) is 36.2 Å². The molecule has 7 nitrogen and oxygen atoms in total. The number of ether oxygens (including phenoxy) is 3. The number of pyridine rings is 1. The first-order valence-electron chi connectivity index (χ1n) is 9.13. The number of carbonyl (C=O) groups excluding carboxylic acids is 2. The molecule has 0 bridgehead atoms. The molecule has 0 spiro atoms. The highest BCUT2D eigenvalue weighted by molar-refractivity contribution is 5.98. The maximum atomic E-state index is 12.3. The van der Waals surface area contributed by atoms with Crippen LogP contribution in [0.15, 0.2) is 48.5 Å². The molecule has 0 aliphatic heterocycles. The predicted molar refractivity (Wildman–Crippen MR) is 111 cm³/mol. The van der Waals surface area contributed by atoms with Crippen LogP contribution in [0.4, 0.5) is 0 Å². The molecule has 3 aromatic rings. The zero-order chi connectivity index (χ0) is 21.7. The Kier molecular flexibility index (Phi) is 6.32. The third kappa shape index (κ3) is 4.41. The molecule has 154 valence electrons. The van der Waals surface area contributed by atoms with E-state index in [0.29, 0.717) is 28.1 Å². The second-order valence-corrected chi connectivity index (χ2v) is 6.44. The van der Waals surface area contributed by atoms with E-state index in [1.54, 1.807) is 19.1 Å². The van der Waals surface area contributed by atoms with Crippen molar-refractivity contribution in [1.29, 1.82) is 0 Å². The largest absolute Gasteiger partial charge is 0.504 e. The van der Waals surface area contributed by atoms with E-state index in [1.165, 1.54) is 32.4 Å². The van der Waals surface area contributed by atoms with Gasteiger partial charge in [-0.25, -0.2) is 14.6 Å². The van der Waals surface area contributed by atoms with Crippen LogP contribution in [-0.2, 0) is 20.9 Å². The number of aromatic nitrogens is 1. The minimum absolute atomic E-state index is 0.00492. The highest BCUT2D eigenvalue weighted by atomic mass is 16.5. The first-order chi connectivity index (χ1) is 14.4. The molecule has 30 heavy (non-hydrogen) atoms. The number of carbonyl (C=O) groups is 2. The number of hydrogen-bond donors (Lipinski definition) is 1. The summed E-state index contributed by atoms with van der Waals surface area (Å²) in [5.74, 6) is -0.844. The van der Waals surface area contributed by atoms with Crippen molar-refractivity contribution in [2.24, 2.45) is 0 Å². The van der Waals surface area contributed by atoms with Crippen LogP contribution in [0.2, 0.25) is 0 Å². The average molecular weight is 407 g/mol. The van der Waals surface area contributed by atoms with Crippen LogP contribution in [0, 0.1) is 6.92 Å². The summed E-state index contributed by atoms with van der Waals surface area (Å²) in [6.45, 7) is 1.62. The van der Waals surface area contributed by atoms with Crippen molar-refractivity contribution >= 4 is 28.9 Å². The van der Waals surface area contributed by atoms with Crippen LogP contribution < -0.4 is 4.74 Å². The van der Waals surface area contributed by atoms with Gasteiger partial charge in [-0.1, -0.05) is 24.3 Å². The van der Waals surface area contributed by atoms with Gasteiger partial charge in [0.1, 0.15) is 6.61 Å². The SMILES string of the molecule is COC(=O)c1c(COC(=O)/C=C/c2ccc(O)c(OC)c2)nc2ccccc2c1C. The van der Waals surface area contributed by atoms with E-state index in [9.17, 15) is 14.7 Å². The maximum absolute atomic E-state index is 12.3. The van der Waals surface area contributed by atoms with Gasteiger partial charge in [0, 0.05) is 11.5 Å². The minimum atomic E-state index is -0.606. The van der Waals surface area contributed by atoms with E-state index in [2.05, 4.69) is 4.98 Å². The summed E-state index contributed by atoms with van der Waals surface area (Å²) in [5, 5.41) is 10.5. The smallest absolute Gasteiger partial charge is 0.340 e. The molecule has 0 saturated carbocycles. The molecule has 0 fully saturated rings. The molecular weight excluding hydrogens is 386 g/mol. The van der Waals surface area contributed by atoms with Crippen molar-refractivity contribution in [3.8, 4) is 11.5 Å². The highest BCUT2D eigenvalue weighted by Crippen LogP contribution is 2.27. The number of para-hydroxylation sites is 1. The van der Waals surface area contributed by atoms with Crippen molar-refractivity contribution in [2.75, 3.05) is 14.2 Å². The molecule has 0 saturated heterocycles. The van der Waals surface area contributed by atoms with Gasteiger partial charge < -0.3 is 19.3 Å². The fourth-order valence-corrected chi connectivity index (χ4v) is 3.07. The molecule has 7 heteroatoms. The van der Waals surface area contributed by atoms with Crippen molar-refractivity contribution in [2.45, 2.75) is 13.5 Å². The third-order valence-electron chi connectivity index (χ3n) is 4.58. The Morgan fingerprint density at radius 3 is 2.63 bits per heavy atom. The molecule has 0 unspecified atom stereocenters. The van der Waals surface area contributed by atoms with E-state index in [0.717, 1.165) is 5.39 Å². The second kappa shape index (κ2) is 9.09. The Bertz CT molecular complexity index is 1140. The summed E-state index contributed by atoms with van der Waals surface area (Å²) in [6.07, 6.45) is 2.78. The molecule has 1 N–H and O–H groups in total. The third-order valence-corrected chi connectivity index (χ3v) is 4.58. The van der Waals surface area contributed by atoms with Crippen LogP contribution in [0.5, 0.6) is 11.5 Å². The lowest BCUT2D eigenvalue weighted by Crippen LogP contribution is -2.13. The van der Waals surface area contributed by atoms with E-state index in [4.69, 9.17) is 14.2 Å². The Labute approximate surface area is 173 Å². The molecule has 0 atom stereocenters. The number of aromatic hydroxyl groups is 1. The number of esters is 2. The van der Waals surface area contributed by atoms with E-state index >= 15 is 0 Å². The van der Waals surface area contributed by atoms with Crippen molar-refractivity contribution < 1.29 is 28.9 Å². The van der Waals surface area contributed by atoms with Crippen LogP contribution >= 0.6 is 0 Å². The fraction of sp³-hybridized carbons (Fsp3) is 0.174. The molecule has 1 aromatic heterocycles. The first kappa shape index (κ1) is 20.9. The molecule has 2 aromatic carbocycles. The summed E-state index contributed by atoms with van der Waals surface area (Å²) in [5.41, 5.74) is 2.67. The van der Waals surface area contributed by atoms with Crippen molar-refractivity contribution in [3.63, 3.8) is 0 Å². The molecule has 0 aliphatic carbocycles. The first-order valence-corrected chi connectivity index (χ1v) is 9.13. The fourth-order valence-electron chi connectivity index (χ4n) is 3.07. The molecule has 1 heterocycles. The van der Waals surface area contributed by atoms with Crippen LogP contribution in [0.3, 0.4) is 0 Å². The summed E-state index contributed by atoms with van der Waals surface area (Å²) >= 11 is 0. The lowest BCUT2D eigenvalue weighted by atomic mass is 10.0. The lowest BCUT2D eigenvalue weighted by Gasteiger charge is -2.13. The summed E-state index contributed by atoms with van der Waals surface area (Å²) in [4.78, 5) is 29.0. The second-order valence-electron chi connectivity index (χ2n) is 6.44. The normalized spacial score (nSPS) is 10.9. The number of aryl methyl sites for hydroxylation is 1. The number of nitrogens with zero attached hydrogens (tertiary/aromatic N) is 1. The van der Waals surface area contributed by atoms with E-state index < -0.39 is 11.9 Å². The Balaban J connectivity index is 1.81.